The Kier molecular flexibility index (Phi) is 6.45. The molecule has 0 amide bonds. The van der Waals surface area contributed by atoms with E-state index in [4.69, 9.17) is 9.99 Å². The van der Waals surface area contributed by atoms with E-state index in [1.165, 1.54) is 13.2 Å². The maximum atomic E-state index is 5.89. The van der Waals surface area contributed by atoms with Crippen LogP contribution in [0.15, 0.2) is 126 Å². The van der Waals surface area contributed by atoms with Crippen molar-refractivity contribution >= 4 is 31.0 Å². The van der Waals surface area contributed by atoms with Gasteiger partial charge in [0.15, 0.2) is 0 Å². The van der Waals surface area contributed by atoms with Gasteiger partial charge < -0.3 is 0 Å². The van der Waals surface area contributed by atoms with Gasteiger partial charge in [-0.2, -0.15) is 0 Å². The number of hydrogen-bond donors (Lipinski definition) is 0. The summed E-state index contributed by atoms with van der Waals surface area (Å²) >= 11 is -3.24. The Morgan fingerprint density at radius 3 is 1.37 bits per heavy atom. The van der Waals surface area contributed by atoms with Gasteiger partial charge in [0, 0.05) is 0 Å². The second-order valence-corrected chi connectivity index (χ2v) is 15.6. The predicted octanol–water partition coefficient (Wildman–Crippen LogP) is 4.29. The molecule has 0 bridgehead atoms. The van der Waals surface area contributed by atoms with Gasteiger partial charge >= 0.3 is 181 Å². The minimum atomic E-state index is -3.24. The first-order valence-corrected chi connectivity index (χ1v) is 14.4. The third-order valence-electron chi connectivity index (χ3n) is 5.44. The quantitative estimate of drug-likeness (QED) is 0.233. The first-order chi connectivity index (χ1) is 14.8. The molecule has 2 nitrogen and oxygen atoms in total. The monoisotopic (exact) mass is 453 g/mol. The number of hydrogen-bond acceptors (Lipinski definition) is 2. The van der Waals surface area contributed by atoms with Crippen molar-refractivity contribution in [3.05, 3.63) is 127 Å². The molecule has 0 aliphatic rings. The molecule has 0 heterocycles. The molecule has 0 saturated heterocycles. The van der Waals surface area contributed by atoms with Crippen LogP contribution >= 0.6 is 0 Å². The van der Waals surface area contributed by atoms with Crippen LogP contribution in [0.25, 0.3) is 0 Å². The molecule has 148 valence electrons. The molecule has 0 fully saturated rings. The van der Waals surface area contributed by atoms with Crippen molar-refractivity contribution in [3.8, 4) is 0 Å². The van der Waals surface area contributed by atoms with Gasteiger partial charge in [-0.05, 0) is 0 Å². The SMILES string of the molecule is C/[C](=N/OCc1ccccc1)[Ge]([c]1ccccc1)([c]1ccccc1)[c]1ccccc1. The standard InChI is InChI=1S/C27H25GeNO/c1-23(29-30-22-24-14-6-2-7-15-24)28(25-16-8-3-9-17-25,26-18-10-4-11-19-26)27-20-12-5-13-21-27/h2-21H,22H2,1H3/b29-23-. The van der Waals surface area contributed by atoms with Gasteiger partial charge in [-0.15, -0.1) is 0 Å². The second kappa shape index (κ2) is 9.59. The summed E-state index contributed by atoms with van der Waals surface area (Å²) < 4.78 is 5.12. The molecule has 30 heavy (non-hydrogen) atoms. The zero-order chi connectivity index (χ0) is 20.7. The fraction of sp³-hybridized carbons (Fsp3) is 0.0741. The van der Waals surface area contributed by atoms with Crippen LogP contribution in [0.5, 0.6) is 0 Å². The van der Waals surface area contributed by atoms with E-state index in [2.05, 4.69) is 110 Å². The van der Waals surface area contributed by atoms with Crippen LogP contribution in [0.1, 0.15) is 12.5 Å². The van der Waals surface area contributed by atoms with Crippen LogP contribution in [-0.2, 0) is 11.4 Å². The molecule has 0 atom stereocenters. The number of benzene rings is 4. The van der Waals surface area contributed by atoms with Gasteiger partial charge in [-0.25, -0.2) is 0 Å². The summed E-state index contributed by atoms with van der Waals surface area (Å²) in [6.45, 7) is 2.60. The molecule has 0 saturated carbocycles. The number of oxime groups is 1. The van der Waals surface area contributed by atoms with E-state index < -0.39 is 13.3 Å². The zero-order valence-electron chi connectivity index (χ0n) is 17.1. The van der Waals surface area contributed by atoms with Crippen molar-refractivity contribution in [2.75, 3.05) is 0 Å². The summed E-state index contributed by atoms with van der Waals surface area (Å²) in [7, 11) is 0. The summed E-state index contributed by atoms with van der Waals surface area (Å²) in [5.41, 5.74) is 1.12. The van der Waals surface area contributed by atoms with Crippen molar-refractivity contribution in [2.45, 2.75) is 13.5 Å². The maximum absolute atomic E-state index is 5.89. The molecule has 0 aliphatic heterocycles. The predicted molar refractivity (Wildman–Crippen MR) is 128 cm³/mol. The topological polar surface area (TPSA) is 21.6 Å². The molecule has 0 aromatic heterocycles. The fourth-order valence-electron chi connectivity index (χ4n) is 4.04. The molecule has 4 aromatic carbocycles. The normalized spacial score (nSPS) is 11.8. The zero-order valence-corrected chi connectivity index (χ0v) is 19.2. The molecule has 0 aliphatic carbocycles. The van der Waals surface area contributed by atoms with Crippen LogP contribution in [-0.4, -0.2) is 17.8 Å². The van der Waals surface area contributed by atoms with E-state index in [-0.39, 0.29) is 0 Å². The summed E-state index contributed by atoms with van der Waals surface area (Å²) in [5.74, 6) is 0. The Bertz CT molecular complexity index is 984. The molecule has 0 spiro atoms. The Labute approximate surface area is 181 Å². The Hall–Kier alpha value is -3.11. The first-order valence-electron chi connectivity index (χ1n) is 10.2. The third-order valence-corrected chi connectivity index (χ3v) is 15.5. The van der Waals surface area contributed by atoms with Crippen molar-refractivity contribution in [1.82, 2.24) is 0 Å². The Balaban J connectivity index is 1.85. The summed E-state index contributed by atoms with van der Waals surface area (Å²) in [6.07, 6.45) is 0. The van der Waals surface area contributed by atoms with Crippen molar-refractivity contribution in [1.29, 1.82) is 0 Å². The van der Waals surface area contributed by atoms with Crippen molar-refractivity contribution < 1.29 is 4.84 Å². The summed E-state index contributed by atoms with van der Waals surface area (Å²) in [6, 6.07) is 42.6. The number of nitrogens with zero attached hydrogens (tertiary/aromatic N) is 1. The van der Waals surface area contributed by atoms with Gasteiger partial charge in [-0.1, -0.05) is 0 Å². The summed E-state index contributed by atoms with van der Waals surface area (Å²) in [4.78, 5) is 5.89. The van der Waals surface area contributed by atoms with Gasteiger partial charge in [0.25, 0.3) is 0 Å². The van der Waals surface area contributed by atoms with Crippen LogP contribution < -0.4 is 13.2 Å². The number of rotatable bonds is 7. The molecule has 0 unspecified atom stereocenters. The molecule has 0 N–H and O–H groups in total. The van der Waals surface area contributed by atoms with E-state index in [0.717, 1.165) is 10.1 Å². The molecule has 4 aromatic rings. The molecule has 4 rings (SSSR count). The van der Waals surface area contributed by atoms with Crippen LogP contribution in [0, 0.1) is 0 Å². The van der Waals surface area contributed by atoms with Crippen molar-refractivity contribution in [2.24, 2.45) is 5.16 Å². The second-order valence-electron chi connectivity index (χ2n) is 7.28. The van der Waals surface area contributed by atoms with E-state index in [0.29, 0.717) is 6.61 Å². The Morgan fingerprint density at radius 2 is 0.967 bits per heavy atom. The van der Waals surface area contributed by atoms with Crippen LogP contribution in [0.2, 0.25) is 0 Å². The van der Waals surface area contributed by atoms with Gasteiger partial charge in [-0.3, -0.25) is 0 Å². The van der Waals surface area contributed by atoms with E-state index in [9.17, 15) is 0 Å². The third kappa shape index (κ3) is 4.10. The van der Waals surface area contributed by atoms with Gasteiger partial charge in [0.05, 0.1) is 0 Å². The Morgan fingerprint density at radius 1 is 0.600 bits per heavy atom. The molecule has 3 heteroatoms. The molecular weight excluding hydrogens is 427 g/mol. The van der Waals surface area contributed by atoms with E-state index in [1.807, 2.05) is 18.2 Å². The molecular formula is C27H25GeNO. The van der Waals surface area contributed by atoms with E-state index >= 15 is 0 Å². The van der Waals surface area contributed by atoms with Crippen LogP contribution in [0.4, 0.5) is 0 Å². The average Bonchev–Trinajstić information content (AvgIpc) is 2.82. The van der Waals surface area contributed by atoms with Gasteiger partial charge in [0.1, 0.15) is 0 Å². The fourth-order valence-corrected chi connectivity index (χ4v) is 13.5. The first kappa shape index (κ1) is 20.2. The van der Waals surface area contributed by atoms with Crippen molar-refractivity contribution in [3.63, 3.8) is 0 Å². The minimum absolute atomic E-state index is 0.467. The van der Waals surface area contributed by atoms with Gasteiger partial charge in [0.2, 0.25) is 0 Å². The summed E-state index contributed by atoms with van der Waals surface area (Å²) in [5, 5.41) is 4.72. The van der Waals surface area contributed by atoms with Crippen LogP contribution in [0.3, 0.4) is 0 Å². The van der Waals surface area contributed by atoms with E-state index in [1.54, 1.807) is 0 Å². The average molecular weight is 452 g/mol. The molecule has 0 radical (unpaired) electrons.